The van der Waals surface area contributed by atoms with Crippen molar-refractivity contribution >= 4 is 40.9 Å². The van der Waals surface area contributed by atoms with Crippen molar-refractivity contribution in [1.29, 1.82) is 0 Å². The van der Waals surface area contributed by atoms with E-state index in [-0.39, 0.29) is 29.8 Å². The Labute approximate surface area is 247 Å². The molecule has 2 aromatic rings. The predicted molar refractivity (Wildman–Crippen MR) is 160 cm³/mol. The molecule has 2 aliphatic rings. The molecule has 7 nitrogen and oxygen atoms in total. The molecule has 4 rings (SSSR count). The number of hydrogen-bond donors (Lipinski definition) is 2. The van der Waals surface area contributed by atoms with Crippen LogP contribution < -0.4 is 10.6 Å². The van der Waals surface area contributed by atoms with Crippen molar-refractivity contribution in [3.8, 4) is 0 Å². The van der Waals surface area contributed by atoms with Crippen LogP contribution in [0.5, 0.6) is 0 Å². The van der Waals surface area contributed by atoms with Gasteiger partial charge in [-0.1, -0.05) is 66.9 Å². The monoisotopic (exact) mass is 586 g/mol. The summed E-state index contributed by atoms with van der Waals surface area (Å²) in [7, 11) is 0. The van der Waals surface area contributed by atoms with Gasteiger partial charge in [-0.3, -0.25) is 14.4 Å². The van der Waals surface area contributed by atoms with Gasteiger partial charge in [0.1, 0.15) is 0 Å². The molecule has 216 valence electrons. The van der Waals surface area contributed by atoms with E-state index < -0.39 is 6.04 Å². The van der Waals surface area contributed by atoms with Gasteiger partial charge >= 0.3 is 0 Å². The Kier molecular flexibility index (Phi) is 11.3. The van der Waals surface area contributed by atoms with Gasteiger partial charge in [0.15, 0.2) is 0 Å². The molecule has 40 heavy (non-hydrogen) atoms. The average Bonchev–Trinajstić information content (AvgIpc) is 3.13. The minimum Gasteiger partial charge on any atom is -0.350 e. The van der Waals surface area contributed by atoms with Gasteiger partial charge < -0.3 is 20.4 Å². The number of halogens is 2. The van der Waals surface area contributed by atoms with E-state index in [9.17, 15) is 14.4 Å². The number of rotatable bonds is 10. The van der Waals surface area contributed by atoms with Crippen LogP contribution in [0.1, 0.15) is 80.3 Å². The van der Waals surface area contributed by atoms with E-state index in [1.807, 2.05) is 28.0 Å². The number of carbonyl (C=O) groups is 3. The minimum atomic E-state index is -0.508. The fraction of sp³-hybridized carbons (Fsp3) is 0.516. The van der Waals surface area contributed by atoms with Gasteiger partial charge in [-0.05, 0) is 62.3 Å². The van der Waals surface area contributed by atoms with Crippen molar-refractivity contribution in [1.82, 2.24) is 20.4 Å². The smallest absolute Gasteiger partial charge is 0.251 e. The van der Waals surface area contributed by atoms with Gasteiger partial charge in [-0.15, -0.1) is 0 Å². The molecule has 2 aliphatic heterocycles. The van der Waals surface area contributed by atoms with E-state index in [2.05, 4.69) is 29.7 Å². The van der Waals surface area contributed by atoms with Crippen molar-refractivity contribution in [2.45, 2.75) is 76.4 Å². The summed E-state index contributed by atoms with van der Waals surface area (Å²) < 4.78 is 0. The number of amides is 3. The molecule has 2 aromatic carbocycles. The predicted octanol–water partition coefficient (Wildman–Crippen LogP) is 5.62. The average molecular weight is 588 g/mol. The fourth-order valence-corrected chi connectivity index (χ4v) is 6.00. The Morgan fingerprint density at radius 3 is 2.48 bits per heavy atom. The molecular formula is C31H40Cl2N4O3. The summed E-state index contributed by atoms with van der Waals surface area (Å²) in [4.78, 5) is 43.8. The summed E-state index contributed by atoms with van der Waals surface area (Å²) in [6.07, 6.45) is 6.46. The van der Waals surface area contributed by atoms with Crippen LogP contribution in [-0.4, -0.2) is 65.8 Å². The van der Waals surface area contributed by atoms with E-state index in [1.54, 1.807) is 18.2 Å². The summed E-state index contributed by atoms with van der Waals surface area (Å²) >= 11 is 12.1. The lowest BCUT2D eigenvalue weighted by Crippen LogP contribution is -2.49. The lowest BCUT2D eigenvalue weighted by Gasteiger charge is -2.33. The molecule has 0 bridgehead atoms. The SMILES string of the molecule is CCC[C@@H](c1ccccc1)N1CC[C@@H](CNC(=O)c2ccc(Cl)c(Cl)c2)N[C@@H](CCC(=O)N2CCCCC2)C1=O. The Hall–Kier alpha value is -2.61. The van der Waals surface area contributed by atoms with E-state index in [0.29, 0.717) is 48.0 Å². The Morgan fingerprint density at radius 1 is 1.02 bits per heavy atom. The molecule has 0 saturated carbocycles. The molecule has 2 N–H and O–H groups in total. The molecule has 2 fully saturated rings. The molecular weight excluding hydrogens is 547 g/mol. The fourth-order valence-electron chi connectivity index (χ4n) is 5.70. The van der Waals surface area contributed by atoms with Crippen LogP contribution in [-0.2, 0) is 9.59 Å². The molecule has 3 atom stereocenters. The molecule has 2 saturated heterocycles. The lowest BCUT2D eigenvalue weighted by atomic mass is 9.99. The zero-order valence-electron chi connectivity index (χ0n) is 23.2. The van der Waals surface area contributed by atoms with Gasteiger partial charge in [0, 0.05) is 44.2 Å². The Morgan fingerprint density at radius 2 is 1.77 bits per heavy atom. The number of benzene rings is 2. The van der Waals surface area contributed by atoms with Crippen molar-refractivity contribution in [3.05, 3.63) is 69.7 Å². The highest BCUT2D eigenvalue weighted by molar-refractivity contribution is 6.42. The first kappa shape index (κ1) is 30.4. The maximum atomic E-state index is 14.0. The van der Waals surface area contributed by atoms with Gasteiger partial charge in [0.25, 0.3) is 5.91 Å². The maximum Gasteiger partial charge on any atom is 0.251 e. The number of hydrogen-bond acceptors (Lipinski definition) is 4. The van der Waals surface area contributed by atoms with Crippen molar-refractivity contribution in [2.75, 3.05) is 26.2 Å². The normalized spacial score (nSPS) is 20.6. The summed E-state index contributed by atoms with van der Waals surface area (Å²) in [5, 5.41) is 7.21. The second-order valence-corrected chi connectivity index (χ2v) is 11.6. The number of nitrogens with one attached hydrogen (secondary N) is 2. The minimum absolute atomic E-state index is 0.0204. The van der Waals surface area contributed by atoms with Crippen LogP contribution in [0.15, 0.2) is 48.5 Å². The largest absolute Gasteiger partial charge is 0.350 e. The molecule has 0 aliphatic carbocycles. The third-order valence-corrected chi connectivity index (χ3v) is 8.64. The van der Waals surface area contributed by atoms with Crippen LogP contribution in [0.25, 0.3) is 0 Å². The second kappa shape index (κ2) is 14.9. The van der Waals surface area contributed by atoms with Crippen LogP contribution >= 0.6 is 23.2 Å². The summed E-state index contributed by atoms with van der Waals surface area (Å²) in [5.74, 6) is -0.118. The standard InChI is InChI=1S/C31H40Cl2N4O3/c1-2-9-28(22-10-5-3-6-11-22)37-19-16-24(21-34-30(39)23-12-13-25(32)26(33)20-23)35-27(31(37)40)14-15-29(38)36-17-7-4-8-18-36/h3,5-6,10-13,20,24,27-28,35H,2,4,7-9,14-19,21H2,1H3,(H,34,39)/t24-,27-,28-/m0/s1. The van der Waals surface area contributed by atoms with E-state index in [4.69, 9.17) is 23.2 Å². The number of nitrogens with zero attached hydrogens (tertiary/aromatic N) is 2. The van der Waals surface area contributed by atoms with Gasteiger partial charge in [-0.25, -0.2) is 0 Å². The first-order chi connectivity index (χ1) is 19.4. The zero-order chi connectivity index (χ0) is 28.5. The molecule has 2 heterocycles. The first-order valence-electron chi connectivity index (χ1n) is 14.5. The van der Waals surface area contributed by atoms with E-state index in [0.717, 1.165) is 50.8 Å². The summed E-state index contributed by atoms with van der Waals surface area (Å²) in [5.41, 5.74) is 1.55. The first-order valence-corrected chi connectivity index (χ1v) is 15.3. The quantitative estimate of drug-likeness (QED) is 0.379. The highest BCUT2D eigenvalue weighted by atomic mass is 35.5. The maximum absolute atomic E-state index is 14.0. The molecule has 3 amide bonds. The van der Waals surface area contributed by atoms with Gasteiger partial charge in [0.05, 0.1) is 22.1 Å². The molecule has 0 aromatic heterocycles. The summed E-state index contributed by atoms with van der Waals surface area (Å²) in [6, 6.07) is 14.3. The Bertz CT molecular complexity index is 1160. The van der Waals surface area contributed by atoms with Crippen molar-refractivity contribution < 1.29 is 14.4 Å². The number of likely N-dealkylation sites (tertiary alicyclic amines) is 1. The lowest BCUT2D eigenvalue weighted by molar-refractivity contribution is -0.136. The van der Waals surface area contributed by atoms with Crippen LogP contribution in [0.2, 0.25) is 10.0 Å². The van der Waals surface area contributed by atoms with Crippen molar-refractivity contribution in [3.63, 3.8) is 0 Å². The number of piperidine rings is 1. The van der Waals surface area contributed by atoms with Gasteiger partial charge in [0.2, 0.25) is 11.8 Å². The van der Waals surface area contributed by atoms with Crippen LogP contribution in [0.4, 0.5) is 0 Å². The third-order valence-electron chi connectivity index (χ3n) is 7.91. The third kappa shape index (κ3) is 7.99. The van der Waals surface area contributed by atoms with Gasteiger partial charge in [-0.2, -0.15) is 0 Å². The molecule has 9 heteroatoms. The van der Waals surface area contributed by atoms with Crippen LogP contribution in [0.3, 0.4) is 0 Å². The van der Waals surface area contributed by atoms with E-state index >= 15 is 0 Å². The zero-order valence-corrected chi connectivity index (χ0v) is 24.7. The van der Waals surface area contributed by atoms with E-state index in [1.165, 1.54) is 0 Å². The molecule has 0 radical (unpaired) electrons. The topological polar surface area (TPSA) is 81.8 Å². The second-order valence-electron chi connectivity index (χ2n) is 10.8. The molecule has 0 spiro atoms. The highest BCUT2D eigenvalue weighted by Gasteiger charge is 2.35. The highest BCUT2D eigenvalue weighted by Crippen LogP contribution is 2.29. The van der Waals surface area contributed by atoms with Crippen molar-refractivity contribution in [2.24, 2.45) is 0 Å². The summed E-state index contributed by atoms with van der Waals surface area (Å²) in [6.45, 7) is 4.64. The molecule has 0 unspecified atom stereocenters. The number of carbonyl (C=O) groups excluding carboxylic acids is 3. The Balaban J connectivity index is 1.49. The van der Waals surface area contributed by atoms with Crippen LogP contribution in [0, 0.1) is 0 Å².